The van der Waals surface area contributed by atoms with Crippen molar-refractivity contribution in [1.29, 1.82) is 0 Å². The van der Waals surface area contributed by atoms with Crippen LogP contribution in [-0.4, -0.2) is 9.97 Å². The van der Waals surface area contributed by atoms with E-state index in [1.54, 1.807) is 0 Å². The van der Waals surface area contributed by atoms with Crippen molar-refractivity contribution < 1.29 is 35.6 Å². The molecule has 2 N–H and O–H groups in total. The Labute approximate surface area is 94.6 Å². The number of hydrogen-bond acceptors (Lipinski definition) is 0. The summed E-state index contributed by atoms with van der Waals surface area (Å²) in [5, 5.41) is 0. The van der Waals surface area contributed by atoms with Crippen LogP contribution in [0.2, 0.25) is 0 Å². The molecule has 0 spiro atoms. The Balaban J connectivity index is -0.000000125. The number of halogens is 2. The molecule has 0 bridgehead atoms. The average molecular weight is 261 g/mol. The molecule has 0 atom stereocenters. The van der Waals surface area contributed by atoms with Gasteiger partial charge < -0.3 is 19.4 Å². The Bertz CT molecular complexity index is 159. The van der Waals surface area contributed by atoms with Gasteiger partial charge in [-0.2, -0.15) is 36.7 Å². The van der Waals surface area contributed by atoms with E-state index in [2.05, 4.69) is 22.4 Å². The second-order valence-corrected chi connectivity index (χ2v) is 1.63. The van der Waals surface area contributed by atoms with Crippen LogP contribution in [0.4, 0.5) is 0 Å². The van der Waals surface area contributed by atoms with Crippen molar-refractivity contribution in [2.24, 2.45) is 0 Å². The smallest absolute Gasteiger partial charge is 1.00 e. The second-order valence-electron chi connectivity index (χ2n) is 1.63. The van der Waals surface area contributed by atoms with Crippen LogP contribution in [0.25, 0.3) is 0 Å². The normalized spacial score (nSPS) is 6.15. The maximum Gasteiger partial charge on any atom is 4.00 e. The molecule has 13 heavy (non-hydrogen) atoms. The quantitative estimate of drug-likeness (QED) is 0.449. The fourth-order valence-electron chi connectivity index (χ4n) is 0.481. The molecule has 2 rings (SSSR count). The molecule has 0 saturated carbocycles. The topological polar surface area (TPSA) is 31.6 Å². The van der Waals surface area contributed by atoms with E-state index in [1.165, 1.54) is 0 Å². The third kappa shape index (κ3) is 11.3. The van der Waals surface area contributed by atoms with E-state index in [1.807, 2.05) is 36.7 Å². The number of rotatable bonds is 0. The van der Waals surface area contributed by atoms with Gasteiger partial charge in [0.25, 0.3) is 0 Å². The standard InChI is InChI=1S/2C4H4N.2FH.Zr/c2*1-2-4-5-3-1;;;/h2*1-3,5H;2*1H;/q2*-1;;;+4/p-2. The van der Waals surface area contributed by atoms with Gasteiger partial charge in [0, 0.05) is 0 Å². The minimum Gasteiger partial charge on any atom is -1.00 e. The van der Waals surface area contributed by atoms with Gasteiger partial charge in [-0.15, -0.1) is 12.4 Å². The summed E-state index contributed by atoms with van der Waals surface area (Å²) in [5.41, 5.74) is 0. The Hall–Kier alpha value is -0.697. The molecule has 0 radical (unpaired) electrons. The molecule has 2 aromatic heterocycles. The van der Waals surface area contributed by atoms with E-state index in [0.29, 0.717) is 0 Å². The van der Waals surface area contributed by atoms with E-state index in [9.17, 15) is 0 Å². The van der Waals surface area contributed by atoms with Crippen molar-refractivity contribution in [1.82, 2.24) is 9.97 Å². The SMILES string of the molecule is [F-].[F-].[Zr+4].[c-]1ccc[nH]1.[c-]1ccc[nH]1. The van der Waals surface area contributed by atoms with E-state index in [0.717, 1.165) is 0 Å². The Morgan fingerprint density at radius 2 is 1.15 bits per heavy atom. The molecule has 0 aromatic carbocycles. The summed E-state index contributed by atoms with van der Waals surface area (Å²) in [7, 11) is 0. The molecule has 0 aliphatic heterocycles. The molecule has 0 saturated heterocycles. The molecule has 0 amide bonds. The minimum atomic E-state index is 0. The van der Waals surface area contributed by atoms with Crippen LogP contribution in [0.3, 0.4) is 0 Å². The number of hydrogen-bond donors (Lipinski definition) is 2. The summed E-state index contributed by atoms with van der Waals surface area (Å²) in [6.45, 7) is 0. The van der Waals surface area contributed by atoms with Gasteiger partial charge in [-0.25, -0.2) is 0 Å². The van der Waals surface area contributed by atoms with Crippen LogP contribution in [0.5, 0.6) is 0 Å². The predicted molar refractivity (Wildman–Crippen MR) is 39.3 cm³/mol. The van der Waals surface area contributed by atoms with Crippen LogP contribution >= 0.6 is 0 Å². The van der Waals surface area contributed by atoms with Crippen molar-refractivity contribution in [2.75, 3.05) is 0 Å². The van der Waals surface area contributed by atoms with Gasteiger partial charge >= 0.3 is 26.2 Å². The Morgan fingerprint density at radius 1 is 0.769 bits per heavy atom. The van der Waals surface area contributed by atoms with Gasteiger partial charge in [-0.1, -0.05) is 0 Å². The zero-order valence-electron chi connectivity index (χ0n) is 6.72. The maximum atomic E-state index is 2.74. The number of nitrogens with one attached hydrogen (secondary N) is 2. The van der Waals surface area contributed by atoms with Gasteiger partial charge in [0.05, 0.1) is 0 Å². The summed E-state index contributed by atoms with van der Waals surface area (Å²) in [6.07, 6.45) is 9.11. The maximum absolute atomic E-state index is 2.74. The van der Waals surface area contributed by atoms with E-state index in [4.69, 9.17) is 0 Å². The predicted octanol–water partition coefficient (Wildman–Crippen LogP) is -4.36. The fraction of sp³-hybridized carbons (Fsp3) is 0. The van der Waals surface area contributed by atoms with Crippen molar-refractivity contribution in [2.45, 2.75) is 0 Å². The third-order valence-electron chi connectivity index (χ3n) is 0.885. The molecule has 2 aromatic rings. The van der Waals surface area contributed by atoms with Crippen LogP contribution in [-0.2, 0) is 26.2 Å². The third-order valence-corrected chi connectivity index (χ3v) is 0.885. The number of aromatic amines is 2. The van der Waals surface area contributed by atoms with Gasteiger partial charge in [0.1, 0.15) is 0 Å². The molecule has 0 fully saturated rings. The van der Waals surface area contributed by atoms with Crippen LogP contribution < -0.4 is 9.41 Å². The molecule has 68 valence electrons. The van der Waals surface area contributed by atoms with Gasteiger partial charge in [-0.05, 0) is 0 Å². The first-order valence-corrected chi connectivity index (χ1v) is 2.99. The number of H-pyrrole nitrogens is 2. The van der Waals surface area contributed by atoms with Crippen molar-refractivity contribution in [3.05, 3.63) is 49.1 Å². The van der Waals surface area contributed by atoms with Crippen molar-refractivity contribution >= 4 is 0 Å². The molecule has 0 aliphatic carbocycles. The molecule has 0 aliphatic rings. The zero-order valence-corrected chi connectivity index (χ0v) is 9.18. The van der Waals surface area contributed by atoms with Gasteiger partial charge in [0.15, 0.2) is 0 Å². The van der Waals surface area contributed by atoms with Gasteiger partial charge in [0.2, 0.25) is 0 Å². The van der Waals surface area contributed by atoms with Crippen LogP contribution in [0, 0.1) is 12.4 Å². The fourth-order valence-corrected chi connectivity index (χ4v) is 0.481. The first-order valence-electron chi connectivity index (χ1n) is 2.99. The summed E-state index contributed by atoms with van der Waals surface area (Å²) in [6, 6.07) is 7.42. The molecular weight excluding hydrogens is 253 g/mol. The van der Waals surface area contributed by atoms with Crippen molar-refractivity contribution in [3.63, 3.8) is 0 Å². The molecule has 0 unspecified atom stereocenters. The van der Waals surface area contributed by atoms with E-state index >= 15 is 0 Å². The first kappa shape index (κ1) is 18.2. The summed E-state index contributed by atoms with van der Waals surface area (Å²) >= 11 is 0. The van der Waals surface area contributed by atoms with Crippen LogP contribution in [0.1, 0.15) is 0 Å². The summed E-state index contributed by atoms with van der Waals surface area (Å²) in [4.78, 5) is 5.47. The Kier molecular flexibility index (Phi) is 19.4. The molecule has 2 nitrogen and oxygen atoms in total. The van der Waals surface area contributed by atoms with Crippen LogP contribution in [0.15, 0.2) is 36.7 Å². The molecule has 5 heteroatoms. The first-order chi connectivity index (χ1) is 5.00. The van der Waals surface area contributed by atoms with Gasteiger partial charge in [-0.3, -0.25) is 0 Å². The summed E-state index contributed by atoms with van der Waals surface area (Å²) < 4.78 is 0. The zero-order chi connectivity index (χ0) is 7.07. The van der Waals surface area contributed by atoms with E-state index < -0.39 is 0 Å². The largest absolute Gasteiger partial charge is 4.00 e. The summed E-state index contributed by atoms with van der Waals surface area (Å²) in [5.74, 6) is 0. The second kappa shape index (κ2) is 13.9. The average Bonchev–Trinajstić information content (AvgIpc) is 2.67. The van der Waals surface area contributed by atoms with E-state index in [-0.39, 0.29) is 35.6 Å². The number of aromatic nitrogens is 2. The monoisotopic (exact) mass is 260 g/mol. The Morgan fingerprint density at radius 3 is 1.23 bits per heavy atom. The van der Waals surface area contributed by atoms with Crippen molar-refractivity contribution in [3.8, 4) is 0 Å². The molecular formula is C8H8F2N2Zr. The minimum absolute atomic E-state index is 0. The molecule has 2 heterocycles.